The van der Waals surface area contributed by atoms with E-state index in [2.05, 4.69) is 16.0 Å². The molecule has 2 aromatic rings. The number of likely N-dealkylation sites (tertiary alicyclic amines) is 1. The van der Waals surface area contributed by atoms with E-state index in [0.29, 0.717) is 37.3 Å². The first-order chi connectivity index (χ1) is 25.9. The molecule has 0 aromatic heterocycles. The molecule has 10 heteroatoms. The summed E-state index contributed by atoms with van der Waals surface area (Å²) in [6.45, 7) is 1.43. The molecule has 2 aromatic carbocycles. The zero-order valence-electron chi connectivity index (χ0n) is 31.4. The van der Waals surface area contributed by atoms with E-state index in [1.807, 2.05) is 60.7 Å². The maximum Gasteiger partial charge on any atom is 0.408 e. The number of benzene rings is 2. The third-order valence-corrected chi connectivity index (χ3v) is 12.3. The molecular weight excluding hydrogens is 668 g/mol. The summed E-state index contributed by atoms with van der Waals surface area (Å²) in [5.41, 5.74) is 1.84. The normalized spacial score (nSPS) is 23.2. The molecular formula is C43H60N4O6. The lowest BCUT2D eigenvalue weighted by Crippen LogP contribution is -2.58. The van der Waals surface area contributed by atoms with Gasteiger partial charge in [-0.25, -0.2) is 9.59 Å². The molecule has 0 unspecified atom stereocenters. The quantitative estimate of drug-likeness (QED) is 0.195. The maximum atomic E-state index is 14.8. The van der Waals surface area contributed by atoms with Gasteiger partial charge >= 0.3 is 12.2 Å². The maximum absolute atomic E-state index is 14.8. The number of ether oxygens (including phenoxy) is 2. The molecule has 3 saturated carbocycles. The highest BCUT2D eigenvalue weighted by Crippen LogP contribution is 2.42. The van der Waals surface area contributed by atoms with Crippen molar-refractivity contribution in [2.24, 2.45) is 23.7 Å². The Bertz CT molecular complexity index is 1440. The molecule has 1 saturated heterocycles. The number of amides is 4. The molecule has 4 amide bonds. The summed E-state index contributed by atoms with van der Waals surface area (Å²) in [5.74, 6) is 0.805. The third kappa shape index (κ3) is 11.2. The Balaban J connectivity index is 1.05. The van der Waals surface area contributed by atoms with E-state index < -0.39 is 24.3 Å². The Morgan fingerprint density at radius 1 is 0.642 bits per heavy atom. The van der Waals surface area contributed by atoms with Gasteiger partial charge in [-0.3, -0.25) is 9.59 Å². The highest BCUT2D eigenvalue weighted by Gasteiger charge is 2.45. The van der Waals surface area contributed by atoms with Gasteiger partial charge in [-0.15, -0.1) is 0 Å². The number of hydrogen-bond donors (Lipinski definition) is 3. The van der Waals surface area contributed by atoms with E-state index in [1.165, 1.54) is 12.8 Å². The molecule has 4 aliphatic rings. The van der Waals surface area contributed by atoms with Crippen molar-refractivity contribution in [3.8, 4) is 0 Å². The summed E-state index contributed by atoms with van der Waals surface area (Å²) in [6.07, 6.45) is 15.1. The highest BCUT2D eigenvalue weighted by molar-refractivity contribution is 5.92. The van der Waals surface area contributed by atoms with Crippen LogP contribution in [0.3, 0.4) is 0 Å². The van der Waals surface area contributed by atoms with Crippen LogP contribution in [0.2, 0.25) is 0 Å². The molecule has 1 aliphatic heterocycles. The molecule has 0 radical (unpaired) electrons. The molecule has 6 rings (SSSR count). The van der Waals surface area contributed by atoms with E-state index in [1.54, 1.807) is 4.90 Å². The van der Waals surface area contributed by atoms with Gasteiger partial charge in [0.15, 0.2) is 0 Å². The number of carbonyl (C=O) groups excluding carboxylic acids is 4. The fraction of sp³-hybridized carbons (Fsp3) is 0.628. The summed E-state index contributed by atoms with van der Waals surface area (Å²) in [7, 11) is 0. The van der Waals surface area contributed by atoms with Crippen LogP contribution in [-0.4, -0.2) is 60.1 Å². The van der Waals surface area contributed by atoms with Gasteiger partial charge in [0.25, 0.3) is 0 Å². The first-order valence-electron chi connectivity index (χ1n) is 20.5. The topological polar surface area (TPSA) is 126 Å². The molecule has 10 nitrogen and oxygen atoms in total. The second-order valence-electron chi connectivity index (χ2n) is 15.9. The monoisotopic (exact) mass is 728 g/mol. The first-order valence-corrected chi connectivity index (χ1v) is 20.5. The van der Waals surface area contributed by atoms with Gasteiger partial charge in [-0.05, 0) is 73.3 Å². The van der Waals surface area contributed by atoms with E-state index in [9.17, 15) is 19.2 Å². The van der Waals surface area contributed by atoms with Crippen LogP contribution >= 0.6 is 0 Å². The van der Waals surface area contributed by atoms with Crippen molar-refractivity contribution in [1.29, 1.82) is 0 Å². The lowest BCUT2D eigenvalue weighted by Gasteiger charge is -2.43. The Morgan fingerprint density at radius 3 is 1.75 bits per heavy atom. The number of hydrogen-bond acceptors (Lipinski definition) is 6. The van der Waals surface area contributed by atoms with Gasteiger partial charge in [0.05, 0.1) is 0 Å². The molecule has 2 atom stereocenters. The van der Waals surface area contributed by atoms with Crippen LogP contribution in [0, 0.1) is 23.7 Å². The number of alkyl carbamates (subject to hydrolysis) is 2. The minimum Gasteiger partial charge on any atom is -0.445 e. The Labute approximate surface area is 315 Å². The summed E-state index contributed by atoms with van der Waals surface area (Å²) in [5, 5.41) is 9.31. The molecule has 4 fully saturated rings. The molecule has 288 valence electrons. The molecule has 3 aliphatic carbocycles. The zero-order valence-corrected chi connectivity index (χ0v) is 31.4. The predicted molar refractivity (Wildman–Crippen MR) is 203 cm³/mol. The number of nitrogens with zero attached hydrogens (tertiary/aromatic N) is 1. The van der Waals surface area contributed by atoms with Gasteiger partial charge in [0, 0.05) is 19.1 Å². The van der Waals surface area contributed by atoms with E-state index in [0.717, 1.165) is 94.6 Å². The molecule has 0 spiro atoms. The number of rotatable bonds is 13. The van der Waals surface area contributed by atoms with Crippen molar-refractivity contribution in [2.45, 2.75) is 134 Å². The average Bonchev–Trinajstić information content (AvgIpc) is 3.71. The molecule has 3 N–H and O–H groups in total. The minimum atomic E-state index is -0.722. The second kappa shape index (κ2) is 19.8. The molecule has 0 bridgehead atoms. The number of carbonyl (C=O) groups is 4. The standard InChI is InChI=1S/C43H60N4O6/c48-40(44-28-31-23-25-36(26-24-31)45-42(50)52-29-32-14-5-1-6-15-32)37-22-13-27-47(37)41(49)39(46-43(51)53-30-33-16-7-2-8-17-33)38(34-18-9-3-10-19-34)35-20-11-4-12-21-35/h1-2,5-8,14-17,31,34-39H,3-4,9-13,18-30H2,(H,44,48)(H,45,50)(H,46,51)/t31?,36?,37-,39-/m0/s1. The summed E-state index contributed by atoms with van der Waals surface area (Å²) >= 11 is 0. The van der Waals surface area contributed by atoms with Crippen LogP contribution in [-0.2, 0) is 32.3 Å². The first kappa shape index (κ1) is 38.6. The highest BCUT2D eigenvalue weighted by atomic mass is 16.6. The van der Waals surface area contributed by atoms with Crippen LogP contribution in [0.1, 0.15) is 114 Å². The summed E-state index contributed by atoms with van der Waals surface area (Å²) in [4.78, 5) is 56.2. The lowest BCUT2D eigenvalue weighted by atomic mass is 9.66. The largest absolute Gasteiger partial charge is 0.445 e. The van der Waals surface area contributed by atoms with Gasteiger partial charge in [0.2, 0.25) is 11.8 Å². The predicted octanol–water partition coefficient (Wildman–Crippen LogP) is 7.65. The lowest BCUT2D eigenvalue weighted by molar-refractivity contribution is -0.142. The van der Waals surface area contributed by atoms with Gasteiger partial charge in [-0.2, -0.15) is 0 Å². The smallest absolute Gasteiger partial charge is 0.408 e. The van der Waals surface area contributed by atoms with Crippen LogP contribution in [0.15, 0.2) is 60.7 Å². The van der Waals surface area contributed by atoms with Gasteiger partial charge in [-0.1, -0.05) is 125 Å². The van der Waals surface area contributed by atoms with Crippen molar-refractivity contribution in [3.63, 3.8) is 0 Å². The Kier molecular flexibility index (Phi) is 14.5. The van der Waals surface area contributed by atoms with Crippen LogP contribution in [0.4, 0.5) is 9.59 Å². The SMILES string of the molecule is O=C(NC1CCC(CNC(=O)[C@@H]2CCCN2C(=O)[C@@H](NC(=O)OCc2ccccc2)C(C2CCCCC2)C2CCCCC2)CC1)OCc1ccccc1. The Morgan fingerprint density at radius 2 is 1.19 bits per heavy atom. The van der Waals surface area contributed by atoms with Crippen molar-refractivity contribution in [2.75, 3.05) is 13.1 Å². The van der Waals surface area contributed by atoms with Gasteiger partial charge in [0.1, 0.15) is 25.3 Å². The zero-order chi connectivity index (χ0) is 36.8. The summed E-state index contributed by atoms with van der Waals surface area (Å²) in [6, 6.07) is 18.0. The fourth-order valence-corrected chi connectivity index (χ4v) is 9.47. The van der Waals surface area contributed by atoms with Crippen molar-refractivity contribution >= 4 is 24.0 Å². The van der Waals surface area contributed by atoms with Crippen molar-refractivity contribution in [3.05, 3.63) is 71.8 Å². The second-order valence-corrected chi connectivity index (χ2v) is 15.9. The summed E-state index contributed by atoms with van der Waals surface area (Å²) < 4.78 is 11.1. The fourth-order valence-electron chi connectivity index (χ4n) is 9.47. The van der Waals surface area contributed by atoms with Crippen LogP contribution in [0.25, 0.3) is 0 Å². The third-order valence-electron chi connectivity index (χ3n) is 12.3. The number of nitrogens with one attached hydrogen (secondary N) is 3. The van der Waals surface area contributed by atoms with E-state index in [-0.39, 0.29) is 37.0 Å². The minimum absolute atomic E-state index is 0.0242. The van der Waals surface area contributed by atoms with Crippen LogP contribution in [0.5, 0.6) is 0 Å². The Hall–Kier alpha value is -4.08. The average molecular weight is 729 g/mol. The van der Waals surface area contributed by atoms with Crippen LogP contribution < -0.4 is 16.0 Å². The molecule has 1 heterocycles. The van der Waals surface area contributed by atoms with E-state index in [4.69, 9.17) is 9.47 Å². The van der Waals surface area contributed by atoms with E-state index >= 15 is 0 Å². The molecule has 53 heavy (non-hydrogen) atoms. The van der Waals surface area contributed by atoms with Gasteiger partial charge < -0.3 is 30.3 Å². The van der Waals surface area contributed by atoms with Crippen molar-refractivity contribution in [1.82, 2.24) is 20.9 Å². The van der Waals surface area contributed by atoms with Crippen molar-refractivity contribution < 1.29 is 28.7 Å².